The second-order valence-electron chi connectivity index (χ2n) is 2.87. The molecule has 0 fully saturated rings. The highest BCUT2D eigenvalue weighted by atomic mass is 32.2. The van der Waals surface area contributed by atoms with E-state index in [9.17, 15) is 4.79 Å². The minimum atomic E-state index is 0.205. The van der Waals surface area contributed by atoms with Gasteiger partial charge in [-0.2, -0.15) is 0 Å². The van der Waals surface area contributed by atoms with Crippen LogP contribution in [-0.2, 0) is 4.79 Å². The monoisotopic (exact) mass is 196 g/mol. The fourth-order valence-corrected chi connectivity index (χ4v) is 1.89. The number of rotatable bonds is 4. The Hall–Kier alpha value is -0.900. The van der Waals surface area contributed by atoms with E-state index >= 15 is 0 Å². The van der Waals surface area contributed by atoms with Gasteiger partial charge in [-0.3, -0.25) is 4.79 Å². The molecule has 1 heterocycles. The van der Waals surface area contributed by atoms with Gasteiger partial charge < -0.3 is 0 Å². The summed E-state index contributed by atoms with van der Waals surface area (Å²) >= 11 is 1.53. The average Bonchev–Trinajstić information content (AvgIpc) is 2.04. The van der Waals surface area contributed by atoms with Gasteiger partial charge in [0.1, 0.15) is 5.78 Å². The lowest BCUT2D eigenvalue weighted by Gasteiger charge is -2.06. The number of thioether (sulfide) groups is 1. The van der Waals surface area contributed by atoms with Crippen molar-refractivity contribution in [1.82, 2.24) is 9.97 Å². The predicted molar refractivity (Wildman–Crippen MR) is 52.6 cm³/mol. The molecule has 1 unspecified atom stereocenters. The third kappa shape index (κ3) is 4.03. The van der Waals surface area contributed by atoms with Crippen LogP contribution in [0.2, 0.25) is 0 Å². The molecule has 1 aromatic rings. The zero-order valence-corrected chi connectivity index (χ0v) is 8.54. The first-order chi connectivity index (χ1) is 6.18. The van der Waals surface area contributed by atoms with Gasteiger partial charge in [0.25, 0.3) is 0 Å². The van der Waals surface area contributed by atoms with Crippen LogP contribution in [0.3, 0.4) is 0 Å². The summed E-state index contributed by atoms with van der Waals surface area (Å²) in [6.45, 7) is 3.60. The summed E-state index contributed by atoms with van der Waals surface area (Å²) in [7, 11) is 0. The molecule has 0 aliphatic carbocycles. The standard InChI is InChI=1S/C9H12N2OS/c1-7(12)6-8(2)13-9-10-4-3-5-11-9/h3-5,8H,6H2,1-2H3. The Bertz CT molecular complexity index is 276. The van der Waals surface area contributed by atoms with Crippen LogP contribution in [0.1, 0.15) is 20.3 Å². The van der Waals surface area contributed by atoms with Crippen molar-refractivity contribution in [2.24, 2.45) is 0 Å². The first kappa shape index (κ1) is 10.2. The molecule has 4 heteroatoms. The molecule has 0 spiro atoms. The van der Waals surface area contributed by atoms with E-state index in [4.69, 9.17) is 0 Å². The molecule has 1 aromatic heterocycles. The minimum Gasteiger partial charge on any atom is -0.300 e. The summed E-state index contributed by atoms with van der Waals surface area (Å²) in [5, 5.41) is 0.983. The quantitative estimate of drug-likeness (QED) is 0.545. The van der Waals surface area contributed by atoms with Crippen LogP contribution in [0.25, 0.3) is 0 Å². The van der Waals surface area contributed by atoms with E-state index in [1.165, 1.54) is 11.8 Å². The van der Waals surface area contributed by atoms with Crippen LogP contribution in [0, 0.1) is 0 Å². The maximum atomic E-state index is 10.8. The van der Waals surface area contributed by atoms with Gasteiger partial charge in [-0.25, -0.2) is 9.97 Å². The second-order valence-corrected chi connectivity index (χ2v) is 4.27. The molecule has 0 radical (unpaired) electrons. The lowest BCUT2D eigenvalue weighted by atomic mass is 10.2. The second kappa shape index (κ2) is 4.97. The van der Waals surface area contributed by atoms with Gasteiger partial charge >= 0.3 is 0 Å². The van der Waals surface area contributed by atoms with Crippen LogP contribution in [0.5, 0.6) is 0 Å². The highest BCUT2D eigenvalue weighted by Gasteiger charge is 2.08. The van der Waals surface area contributed by atoms with Crippen molar-refractivity contribution in [2.75, 3.05) is 0 Å². The zero-order chi connectivity index (χ0) is 9.68. The van der Waals surface area contributed by atoms with Crippen molar-refractivity contribution in [2.45, 2.75) is 30.7 Å². The van der Waals surface area contributed by atoms with Crippen LogP contribution < -0.4 is 0 Å². The van der Waals surface area contributed by atoms with Gasteiger partial charge in [-0.1, -0.05) is 18.7 Å². The van der Waals surface area contributed by atoms with Crippen LogP contribution >= 0.6 is 11.8 Å². The number of nitrogens with zero attached hydrogens (tertiary/aromatic N) is 2. The van der Waals surface area contributed by atoms with Crippen LogP contribution in [0.4, 0.5) is 0 Å². The molecule has 0 aromatic carbocycles. The highest BCUT2D eigenvalue weighted by Crippen LogP contribution is 2.20. The number of ketones is 1. The summed E-state index contributed by atoms with van der Waals surface area (Å²) in [5.74, 6) is 0.205. The van der Waals surface area contributed by atoms with Crippen molar-refractivity contribution in [3.8, 4) is 0 Å². The number of aromatic nitrogens is 2. The molecular formula is C9H12N2OS. The van der Waals surface area contributed by atoms with E-state index in [0.717, 1.165) is 5.16 Å². The Morgan fingerprint density at radius 1 is 1.54 bits per heavy atom. The molecule has 0 saturated heterocycles. The summed E-state index contributed by atoms with van der Waals surface area (Å²) in [5.41, 5.74) is 0. The summed E-state index contributed by atoms with van der Waals surface area (Å²) < 4.78 is 0. The fraction of sp³-hybridized carbons (Fsp3) is 0.444. The zero-order valence-electron chi connectivity index (χ0n) is 7.73. The van der Waals surface area contributed by atoms with Gasteiger partial charge in [0.15, 0.2) is 5.16 Å². The molecular weight excluding hydrogens is 184 g/mol. The molecule has 0 N–H and O–H groups in total. The molecule has 0 aliphatic heterocycles. The van der Waals surface area contributed by atoms with Crippen LogP contribution in [0.15, 0.2) is 23.6 Å². The number of carbonyl (C=O) groups is 1. The number of hydrogen-bond donors (Lipinski definition) is 0. The highest BCUT2D eigenvalue weighted by molar-refractivity contribution is 7.99. The van der Waals surface area contributed by atoms with Gasteiger partial charge in [-0.15, -0.1) is 0 Å². The summed E-state index contributed by atoms with van der Waals surface area (Å²) in [6.07, 6.45) is 3.98. The maximum Gasteiger partial charge on any atom is 0.187 e. The minimum absolute atomic E-state index is 0.205. The van der Waals surface area contributed by atoms with E-state index < -0.39 is 0 Å². The number of hydrogen-bond acceptors (Lipinski definition) is 4. The van der Waals surface area contributed by atoms with E-state index in [1.807, 2.05) is 6.92 Å². The Labute approximate surface area is 82.0 Å². The van der Waals surface area contributed by atoms with Crippen LogP contribution in [-0.4, -0.2) is 21.0 Å². The van der Waals surface area contributed by atoms with Crippen molar-refractivity contribution in [3.63, 3.8) is 0 Å². The topological polar surface area (TPSA) is 42.9 Å². The van der Waals surface area contributed by atoms with Crippen molar-refractivity contribution in [3.05, 3.63) is 18.5 Å². The van der Waals surface area contributed by atoms with Gasteiger partial charge in [0.2, 0.25) is 0 Å². The first-order valence-electron chi connectivity index (χ1n) is 4.11. The van der Waals surface area contributed by atoms with Gasteiger partial charge in [0, 0.05) is 24.1 Å². The van der Waals surface area contributed by atoms with Crippen molar-refractivity contribution < 1.29 is 4.79 Å². The Balaban J connectivity index is 2.45. The lowest BCUT2D eigenvalue weighted by molar-refractivity contribution is -0.116. The average molecular weight is 196 g/mol. The summed E-state index contributed by atoms with van der Waals surface area (Å²) in [6, 6.07) is 1.78. The summed E-state index contributed by atoms with van der Waals surface area (Å²) in [4.78, 5) is 18.9. The van der Waals surface area contributed by atoms with E-state index in [2.05, 4.69) is 9.97 Å². The lowest BCUT2D eigenvalue weighted by Crippen LogP contribution is -2.03. The number of carbonyl (C=O) groups excluding carboxylic acids is 1. The molecule has 1 atom stereocenters. The van der Waals surface area contributed by atoms with Crippen molar-refractivity contribution in [1.29, 1.82) is 0 Å². The van der Waals surface area contributed by atoms with Crippen molar-refractivity contribution >= 4 is 17.5 Å². The SMILES string of the molecule is CC(=O)CC(C)Sc1ncccn1. The normalized spacial score (nSPS) is 12.5. The molecule has 13 heavy (non-hydrogen) atoms. The molecule has 0 amide bonds. The predicted octanol–water partition coefficient (Wildman–Crippen LogP) is 1.94. The molecule has 70 valence electrons. The van der Waals surface area contributed by atoms with Gasteiger partial charge in [0.05, 0.1) is 0 Å². The molecule has 1 rings (SSSR count). The smallest absolute Gasteiger partial charge is 0.187 e. The number of Topliss-reactive ketones (excluding diaryl/α,β-unsaturated/α-hetero) is 1. The van der Waals surface area contributed by atoms with E-state index in [0.29, 0.717) is 6.42 Å². The third-order valence-corrected chi connectivity index (χ3v) is 2.41. The molecule has 0 aliphatic rings. The molecule has 0 saturated carbocycles. The maximum absolute atomic E-state index is 10.8. The third-order valence-electron chi connectivity index (χ3n) is 1.42. The van der Waals surface area contributed by atoms with E-state index in [-0.39, 0.29) is 11.0 Å². The Morgan fingerprint density at radius 2 is 2.15 bits per heavy atom. The molecule has 0 bridgehead atoms. The largest absolute Gasteiger partial charge is 0.300 e. The fourth-order valence-electron chi connectivity index (χ4n) is 0.973. The van der Waals surface area contributed by atoms with Gasteiger partial charge in [-0.05, 0) is 13.0 Å². The van der Waals surface area contributed by atoms with E-state index in [1.54, 1.807) is 25.4 Å². The molecule has 3 nitrogen and oxygen atoms in total. The first-order valence-corrected chi connectivity index (χ1v) is 4.99. The Morgan fingerprint density at radius 3 is 2.69 bits per heavy atom. The Kier molecular flexibility index (Phi) is 3.89.